The van der Waals surface area contributed by atoms with E-state index in [1.54, 1.807) is 42.5 Å². The second kappa shape index (κ2) is 7.48. The van der Waals surface area contributed by atoms with Gasteiger partial charge in [0.1, 0.15) is 17.4 Å². The molecule has 1 N–H and O–H groups in total. The first-order valence-corrected chi connectivity index (χ1v) is 9.08. The molecule has 1 amide bonds. The number of amides is 1. The number of halogens is 2. The maximum Gasteiger partial charge on any atom is 0.301 e. The van der Waals surface area contributed by atoms with E-state index in [4.69, 9.17) is 11.6 Å². The Hall–Kier alpha value is -3.51. The number of aliphatic hydroxyl groups is 1. The molecule has 1 fully saturated rings. The van der Waals surface area contributed by atoms with E-state index in [2.05, 4.69) is 4.98 Å². The summed E-state index contributed by atoms with van der Waals surface area (Å²) in [5.74, 6) is -2.22. The summed E-state index contributed by atoms with van der Waals surface area (Å²) in [5.41, 5.74) is 0.696. The van der Waals surface area contributed by atoms with Crippen molar-refractivity contribution >= 4 is 34.9 Å². The molecule has 144 valence electrons. The van der Waals surface area contributed by atoms with Gasteiger partial charge in [0.2, 0.25) is 0 Å². The third-order valence-corrected chi connectivity index (χ3v) is 4.90. The number of hydrogen-bond donors (Lipinski definition) is 1. The Balaban J connectivity index is 1.94. The summed E-state index contributed by atoms with van der Waals surface area (Å²) < 4.78 is 13.5. The van der Waals surface area contributed by atoms with Crippen LogP contribution in [0.4, 0.5) is 10.2 Å². The van der Waals surface area contributed by atoms with Gasteiger partial charge in [-0.3, -0.25) is 14.5 Å². The first-order valence-electron chi connectivity index (χ1n) is 8.71. The van der Waals surface area contributed by atoms with E-state index in [-0.39, 0.29) is 17.2 Å². The average Bonchev–Trinajstić information content (AvgIpc) is 3.00. The number of hydrogen-bond acceptors (Lipinski definition) is 4. The summed E-state index contributed by atoms with van der Waals surface area (Å²) >= 11 is 5.90. The van der Waals surface area contributed by atoms with Crippen molar-refractivity contribution in [1.82, 2.24) is 4.98 Å². The molecule has 4 rings (SSSR count). The van der Waals surface area contributed by atoms with E-state index in [0.717, 1.165) is 0 Å². The minimum Gasteiger partial charge on any atom is -0.507 e. The van der Waals surface area contributed by atoms with Gasteiger partial charge in [-0.1, -0.05) is 29.8 Å². The van der Waals surface area contributed by atoms with E-state index in [9.17, 15) is 19.1 Å². The van der Waals surface area contributed by atoms with Crippen LogP contribution in [0.15, 0.2) is 78.5 Å². The van der Waals surface area contributed by atoms with Crippen molar-refractivity contribution in [3.63, 3.8) is 0 Å². The average molecular weight is 409 g/mol. The molecule has 7 heteroatoms. The molecule has 0 aliphatic carbocycles. The lowest BCUT2D eigenvalue weighted by Crippen LogP contribution is -2.30. The van der Waals surface area contributed by atoms with Crippen molar-refractivity contribution in [2.24, 2.45) is 0 Å². The largest absolute Gasteiger partial charge is 0.507 e. The van der Waals surface area contributed by atoms with Gasteiger partial charge in [-0.2, -0.15) is 0 Å². The predicted octanol–water partition coefficient (Wildman–Crippen LogP) is 4.50. The summed E-state index contributed by atoms with van der Waals surface area (Å²) in [6.45, 7) is 0. The molecule has 0 saturated carbocycles. The van der Waals surface area contributed by atoms with Gasteiger partial charge in [0.15, 0.2) is 0 Å². The molecule has 0 radical (unpaired) electrons. The lowest BCUT2D eigenvalue weighted by atomic mass is 9.95. The summed E-state index contributed by atoms with van der Waals surface area (Å²) in [6.07, 6.45) is 1.50. The number of carbonyl (C=O) groups is 2. The summed E-state index contributed by atoms with van der Waals surface area (Å²) in [7, 11) is 0. The fourth-order valence-electron chi connectivity index (χ4n) is 3.29. The Kier molecular flexibility index (Phi) is 4.86. The highest BCUT2D eigenvalue weighted by Gasteiger charge is 2.47. The smallest absolute Gasteiger partial charge is 0.301 e. The SMILES string of the molecule is O=C1C(=O)N(c2ccccn2)[C@H](c2ccc(F)cc2)/C1=C(\O)c1ccc(Cl)cc1. The highest BCUT2D eigenvalue weighted by atomic mass is 35.5. The van der Waals surface area contributed by atoms with Crippen LogP contribution >= 0.6 is 11.6 Å². The maximum atomic E-state index is 13.5. The van der Waals surface area contributed by atoms with Gasteiger partial charge < -0.3 is 5.11 Å². The Morgan fingerprint density at radius 2 is 1.69 bits per heavy atom. The monoisotopic (exact) mass is 408 g/mol. The number of carbonyl (C=O) groups excluding carboxylic acids is 2. The molecule has 1 aliphatic heterocycles. The number of aliphatic hydroxyl groups excluding tert-OH is 1. The van der Waals surface area contributed by atoms with Crippen LogP contribution in [0.3, 0.4) is 0 Å². The van der Waals surface area contributed by atoms with Crippen LogP contribution in [0.5, 0.6) is 0 Å². The van der Waals surface area contributed by atoms with Gasteiger partial charge >= 0.3 is 5.91 Å². The first-order chi connectivity index (χ1) is 14.0. The molecule has 2 aromatic carbocycles. The van der Waals surface area contributed by atoms with Gasteiger partial charge in [0, 0.05) is 16.8 Å². The number of nitrogens with zero attached hydrogens (tertiary/aromatic N) is 2. The molecule has 29 heavy (non-hydrogen) atoms. The zero-order valence-corrected chi connectivity index (χ0v) is 15.7. The summed E-state index contributed by atoms with van der Waals surface area (Å²) in [4.78, 5) is 31.1. The zero-order valence-electron chi connectivity index (χ0n) is 14.9. The van der Waals surface area contributed by atoms with Crippen molar-refractivity contribution in [3.8, 4) is 0 Å². The van der Waals surface area contributed by atoms with E-state index in [0.29, 0.717) is 16.1 Å². The molecule has 0 unspecified atom stereocenters. The Labute approximate surface area is 170 Å². The van der Waals surface area contributed by atoms with Crippen LogP contribution in [0.25, 0.3) is 5.76 Å². The number of aromatic nitrogens is 1. The van der Waals surface area contributed by atoms with E-state index < -0.39 is 23.5 Å². The van der Waals surface area contributed by atoms with Gasteiger partial charge in [-0.25, -0.2) is 9.37 Å². The normalized spacial score (nSPS) is 18.3. The van der Waals surface area contributed by atoms with Gasteiger partial charge in [0.05, 0.1) is 11.6 Å². The molecule has 1 atom stereocenters. The fraction of sp³-hybridized carbons (Fsp3) is 0.0455. The van der Waals surface area contributed by atoms with Gasteiger partial charge in [0.25, 0.3) is 5.78 Å². The molecule has 2 heterocycles. The van der Waals surface area contributed by atoms with E-state index in [1.807, 2.05) is 0 Å². The van der Waals surface area contributed by atoms with E-state index in [1.165, 1.54) is 35.4 Å². The van der Waals surface area contributed by atoms with Crippen LogP contribution in [0.2, 0.25) is 5.02 Å². The predicted molar refractivity (Wildman–Crippen MR) is 107 cm³/mol. The lowest BCUT2D eigenvalue weighted by molar-refractivity contribution is -0.132. The van der Waals surface area contributed by atoms with Crippen LogP contribution in [-0.4, -0.2) is 21.8 Å². The second-order valence-electron chi connectivity index (χ2n) is 6.42. The van der Waals surface area contributed by atoms with Gasteiger partial charge in [-0.05, 0) is 54.1 Å². The van der Waals surface area contributed by atoms with E-state index >= 15 is 0 Å². The molecule has 3 aromatic rings. The Morgan fingerprint density at radius 3 is 2.31 bits per heavy atom. The number of ketones is 1. The maximum absolute atomic E-state index is 13.5. The van der Waals surface area contributed by atoms with Crippen LogP contribution in [0.1, 0.15) is 17.2 Å². The van der Waals surface area contributed by atoms with Crippen LogP contribution in [0, 0.1) is 5.82 Å². The zero-order chi connectivity index (χ0) is 20.5. The molecular weight excluding hydrogens is 395 g/mol. The second-order valence-corrected chi connectivity index (χ2v) is 6.85. The molecule has 5 nitrogen and oxygen atoms in total. The topological polar surface area (TPSA) is 70.5 Å². The standard InChI is InChI=1S/C22H14ClFN2O3/c23-15-8-4-14(5-9-15)20(27)18-19(13-6-10-16(24)11-7-13)26(22(29)21(18)28)17-3-1-2-12-25-17/h1-12,19,27H/b20-18+/t19-/m1/s1. The fourth-order valence-corrected chi connectivity index (χ4v) is 3.41. The third kappa shape index (κ3) is 3.39. The van der Waals surface area contributed by atoms with Crippen molar-refractivity contribution in [2.45, 2.75) is 6.04 Å². The minimum absolute atomic E-state index is 0.102. The quantitative estimate of drug-likeness (QED) is 0.393. The number of anilines is 1. The number of pyridine rings is 1. The summed E-state index contributed by atoms with van der Waals surface area (Å²) in [5, 5.41) is 11.4. The minimum atomic E-state index is -0.957. The van der Waals surface area contributed by atoms with Crippen molar-refractivity contribution in [1.29, 1.82) is 0 Å². The molecule has 0 spiro atoms. The van der Waals surface area contributed by atoms with Crippen molar-refractivity contribution in [3.05, 3.63) is 100 Å². The highest BCUT2D eigenvalue weighted by Crippen LogP contribution is 2.41. The number of benzene rings is 2. The van der Waals surface area contributed by atoms with Crippen LogP contribution < -0.4 is 4.90 Å². The Bertz CT molecular complexity index is 1110. The first kappa shape index (κ1) is 18.8. The van der Waals surface area contributed by atoms with Crippen molar-refractivity contribution in [2.75, 3.05) is 4.90 Å². The van der Waals surface area contributed by atoms with Gasteiger partial charge in [-0.15, -0.1) is 0 Å². The lowest BCUT2D eigenvalue weighted by Gasteiger charge is -2.24. The summed E-state index contributed by atoms with van der Waals surface area (Å²) in [6, 6.07) is 15.6. The Morgan fingerprint density at radius 1 is 1.00 bits per heavy atom. The highest BCUT2D eigenvalue weighted by molar-refractivity contribution is 6.51. The molecule has 1 aliphatic rings. The van der Waals surface area contributed by atoms with Crippen molar-refractivity contribution < 1.29 is 19.1 Å². The number of Topliss-reactive ketones (excluding diaryl/α,β-unsaturated/α-hetero) is 1. The third-order valence-electron chi connectivity index (χ3n) is 4.64. The number of rotatable bonds is 3. The molecule has 0 bridgehead atoms. The molecule has 1 aromatic heterocycles. The van der Waals surface area contributed by atoms with Crippen LogP contribution in [-0.2, 0) is 9.59 Å². The molecule has 1 saturated heterocycles. The molecular formula is C22H14ClFN2O3.